The van der Waals surface area contributed by atoms with Crippen molar-refractivity contribution in [3.63, 3.8) is 0 Å². The van der Waals surface area contributed by atoms with Crippen LogP contribution in [0.5, 0.6) is 5.75 Å². The van der Waals surface area contributed by atoms with E-state index < -0.39 is 22.9 Å². The lowest BCUT2D eigenvalue weighted by atomic mass is 9.73. The molecule has 2 aromatic rings. The minimum absolute atomic E-state index is 0.137. The first-order valence-corrected chi connectivity index (χ1v) is 12.4. The van der Waals surface area contributed by atoms with Crippen molar-refractivity contribution in [1.29, 1.82) is 5.26 Å². The van der Waals surface area contributed by atoms with E-state index >= 15 is 0 Å². The molecule has 0 aromatic heterocycles. The topological polar surface area (TPSA) is 141 Å². The first-order valence-electron chi connectivity index (χ1n) is 12.4. The summed E-state index contributed by atoms with van der Waals surface area (Å²) in [5.41, 5.74) is 6.00. The Bertz CT molecular complexity index is 1280. The molecule has 4 rings (SSSR count). The van der Waals surface area contributed by atoms with E-state index in [0.29, 0.717) is 30.7 Å². The molecule has 10 nitrogen and oxygen atoms in total. The average Bonchev–Trinajstić information content (AvgIpc) is 3.15. The number of amides is 3. The zero-order valence-electron chi connectivity index (χ0n) is 21.8. The highest BCUT2D eigenvalue weighted by molar-refractivity contribution is 6.13. The lowest BCUT2D eigenvalue weighted by Crippen LogP contribution is -2.62. The molecule has 0 unspecified atom stereocenters. The Labute approximate surface area is 222 Å². The smallest absolute Gasteiger partial charge is 0.256 e. The van der Waals surface area contributed by atoms with Gasteiger partial charge in [0.15, 0.2) is 0 Å². The van der Waals surface area contributed by atoms with Crippen LogP contribution in [-0.4, -0.2) is 71.7 Å². The van der Waals surface area contributed by atoms with Crippen LogP contribution in [0, 0.1) is 16.7 Å². The Morgan fingerprint density at radius 1 is 1.21 bits per heavy atom. The van der Waals surface area contributed by atoms with E-state index in [4.69, 9.17) is 15.7 Å². The monoisotopic (exact) mass is 516 g/mol. The minimum Gasteiger partial charge on any atom is -0.491 e. The van der Waals surface area contributed by atoms with Crippen molar-refractivity contribution in [3.05, 3.63) is 65.7 Å². The quantitative estimate of drug-likeness (QED) is 0.544. The Hall–Kier alpha value is -4.23. The van der Waals surface area contributed by atoms with Gasteiger partial charge in [-0.3, -0.25) is 14.4 Å². The van der Waals surface area contributed by atoms with Crippen molar-refractivity contribution >= 4 is 23.4 Å². The zero-order valence-corrected chi connectivity index (χ0v) is 21.8. The third kappa shape index (κ3) is 5.53. The number of ether oxygens (including phenoxy) is 1. The molecule has 198 valence electrons. The van der Waals surface area contributed by atoms with Gasteiger partial charge in [-0.25, -0.2) is 5.01 Å². The maximum Gasteiger partial charge on any atom is 0.256 e. The van der Waals surface area contributed by atoms with Crippen molar-refractivity contribution in [3.8, 4) is 11.8 Å². The molecule has 3 amide bonds. The SMILES string of the molecule is CN1N=C2CCN(C(=O)[C@@H](COc3ccc(C#N)cc3)NC(=O)C(C)(C)N)C[C@@]2(Cc2ccccc2)C1=O. The molecular formula is C28H32N6O4. The first kappa shape index (κ1) is 26.8. The van der Waals surface area contributed by atoms with Gasteiger partial charge in [-0.15, -0.1) is 0 Å². The van der Waals surface area contributed by atoms with E-state index in [1.807, 2.05) is 36.4 Å². The van der Waals surface area contributed by atoms with Crippen LogP contribution in [0.3, 0.4) is 0 Å². The van der Waals surface area contributed by atoms with Crippen LogP contribution in [0.1, 0.15) is 31.4 Å². The van der Waals surface area contributed by atoms with E-state index in [1.54, 1.807) is 50.1 Å². The number of rotatable bonds is 8. The van der Waals surface area contributed by atoms with Gasteiger partial charge in [0.25, 0.3) is 5.91 Å². The van der Waals surface area contributed by atoms with Crippen LogP contribution in [0.25, 0.3) is 0 Å². The summed E-state index contributed by atoms with van der Waals surface area (Å²) < 4.78 is 5.83. The number of carbonyl (C=O) groups is 3. The Morgan fingerprint density at radius 2 is 1.89 bits per heavy atom. The maximum atomic E-state index is 13.8. The number of hydrazone groups is 1. The summed E-state index contributed by atoms with van der Waals surface area (Å²) in [5.74, 6) is -0.588. The second-order valence-corrected chi connectivity index (χ2v) is 10.3. The number of piperidine rings is 1. The zero-order chi connectivity index (χ0) is 27.5. The summed E-state index contributed by atoms with van der Waals surface area (Å²) in [7, 11) is 1.63. The van der Waals surface area contributed by atoms with Gasteiger partial charge in [-0.1, -0.05) is 30.3 Å². The van der Waals surface area contributed by atoms with Gasteiger partial charge < -0.3 is 20.7 Å². The number of nitrogens with one attached hydrogen (secondary N) is 1. The van der Waals surface area contributed by atoms with E-state index in [-0.39, 0.29) is 25.0 Å². The number of nitrogens with zero attached hydrogens (tertiary/aromatic N) is 4. The Kier molecular flexibility index (Phi) is 7.51. The van der Waals surface area contributed by atoms with Crippen LogP contribution in [0.15, 0.2) is 59.7 Å². The average molecular weight is 517 g/mol. The van der Waals surface area contributed by atoms with E-state index in [0.717, 1.165) is 11.3 Å². The van der Waals surface area contributed by atoms with Crippen molar-refractivity contribution in [2.45, 2.75) is 38.3 Å². The molecular weight excluding hydrogens is 484 g/mol. The minimum atomic E-state index is -1.21. The molecule has 0 spiro atoms. The number of hydrogen-bond acceptors (Lipinski definition) is 7. The van der Waals surface area contributed by atoms with E-state index in [1.165, 1.54) is 5.01 Å². The highest BCUT2D eigenvalue weighted by Gasteiger charge is 2.54. The largest absolute Gasteiger partial charge is 0.491 e. The number of nitrogens with two attached hydrogens (primary N) is 1. The van der Waals surface area contributed by atoms with Crippen molar-refractivity contribution in [2.24, 2.45) is 16.3 Å². The van der Waals surface area contributed by atoms with Gasteiger partial charge in [0, 0.05) is 26.6 Å². The predicted octanol–water partition coefficient (Wildman–Crippen LogP) is 1.45. The van der Waals surface area contributed by atoms with Crippen LogP contribution in [0.4, 0.5) is 0 Å². The molecule has 3 N–H and O–H groups in total. The fourth-order valence-electron chi connectivity index (χ4n) is 4.76. The lowest BCUT2D eigenvalue weighted by Gasteiger charge is -2.40. The van der Waals surface area contributed by atoms with Crippen LogP contribution >= 0.6 is 0 Å². The maximum absolute atomic E-state index is 13.8. The second-order valence-electron chi connectivity index (χ2n) is 10.3. The normalized spacial score (nSPS) is 19.8. The first-order chi connectivity index (χ1) is 18.0. The number of fused-ring (bicyclic) bond motifs is 1. The summed E-state index contributed by atoms with van der Waals surface area (Å²) >= 11 is 0. The molecule has 0 radical (unpaired) electrons. The molecule has 2 heterocycles. The molecule has 2 aliphatic heterocycles. The Morgan fingerprint density at radius 3 is 2.53 bits per heavy atom. The van der Waals surface area contributed by atoms with Crippen molar-refractivity contribution in [1.82, 2.24) is 15.2 Å². The third-order valence-electron chi connectivity index (χ3n) is 6.85. The predicted molar refractivity (Wildman–Crippen MR) is 141 cm³/mol. The molecule has 0 saturated carbocycles. The molecule has 1 fully saturated rings. The van der Waals surface area contributed by atoms with Gasteiger partial charge in [-0.05, 0) is 50.1 Å². The van der Waals surface area contributed by atoms with Gasteiger partial charge in [0.2, 0.25) is 11.8 Å². The number of likely N-dealkylation sites (tertiary alicyclic amines) is 1. The van der Waals surface area contributed by atoms with Crippen LogP contribution < -0.4 is 15.8 Å². The Balaban J connectivity index is 1.57. The van der Waals surface area contributed by atoms with E-state index in [2.05, 4.69) is 10.4 Å². The summed E-state index contributed by atoms with van der Waals surface area (Å²) in [6.07, 6.45) is 0.850. The summed E-state index contributed by atoms with van der Waals surface area (Å²) in [6.45, 7) is 3.44. The van der Waals surface area contributed by atoms with Crippen molar-refractivity contribution < 1.29 is 19.1 Å². The number of hydrogen-bond donors (Lipinski definition) is 2. The number of nitriles is 1. The number of benzene rings is 2. The van der Waals surface area contributed by atoms with Gasteiger partial charge in [-0.2, -0.15) is 10.4 Å². The summed E-state index contributed by atoms with van der Waals surface area (Å²) in [6, 6.07) is 17.1. The molecule has 2 aliphatic rings. The van der Waals surface area contributed by atoms with Gasteiger partial charge >= 0.3 is 0 Å². The van der Waals surface area contributed by atoms with Crippen LogP contribution in [0.2, 0.25) is 0 Å². The second kappa shape index (κ2) is 10.6. The highest BCUT2D eigenvalue weighted by Crippen LogP contribution is 2.38. The van der Waals surface area contributed by atoms with Crippen molar-refractivity contribution in [2.75, 3.05) is 26.7 Å². The van der Waals surface area contributed by atoms with Gasteiger partial charge in [0.1, 0.15) is 23.8 Å². The summed E-state index contributed by atoms with van der Waals surface area (Å²) in [5, 5.41) is 17.6. The fourth-order valence-corrected chi connectivity index (χ4v) is 4.76. The van der Waals surface area contributed by atoms with E-state index in [9.17, 15) is 14.4 Å². The molecule has 1 saturated heterocycles. The summed E-state index contributed by atoms with van der Waals surface area (Å²) in [4.78, 5) is 41.6. The van der Waals surface area contributed by atoms with Crippen LogP contribution in [-0.2, 0) is 20.8 Å². The molecule has 2 aromatic carbocycles. The highest BCUT2D eigenvalue weighted by atomic mass is 16.5. The molecule has 10 heteroatoms. The molecule has 0 bridgehead atoms. The fraction of sp³-hybridized carbons (Fsp3) is 0.393. The standard InChI is InChI=1S/C28H32N6O4/c1-27(2,30)25(36)31-22(17-38-21-11-9-20(16-29)10-12-21)24(35)34-14-13-23-28(18-34,26(37)33(3)32-23)15-19-7-5-4-6-8-19/h4-12,22H,13-15,17-18,30H2,1-3H3,(H,31,36)/t22-,28-/m1/s1. The van der Waals surface area contributed by atoms with Gasteiger partial charge in [0.05, 0.1) is 22.9 Å². The molecule has 2 atom stereocenters. The molecule has 0 aliphatic carbocycles. The number of carbonyl (C=O) groups excluding carboxylic acids is 3. The lowest BCUT2D eigenvalue weighted by molar-refractivity contribution is -0.143. The third-order valence-corrected chi connectivity index (χ3v) is 6.85. The molecule has 38 heavy (non-hydrogen) atoms.